The summed E-state index contributed by atoms with van der Waals surface area (Å²) in [4.78, 5) is 28.7. The molecule has 0 amide bonds. The molecule has 2 aromatic rings. The van der Waals surface area contributed by atoms with E-state index in [0.717, 1.165) is 18.3 Å². The summed E-state index contributed by atoms with van der Waals surface area (Å²) in [5.74, 6) is 0. The lowest BCUT2D eigenvalue weighted by molar-refractivity contribution is 0.204. The molecule has 1 aromatic carbocycles. The molecule has 1 aliphatic heterocycles. The first kappa shape index (κ1) is 18.3. The number of aromatic nitrogens is 2. The van der Waals surface area contributed by atoms with Crippen LogP contribution in [0.3, 0.4) is 0 Å². The van der Waals surface area contributed by atoms with Gasteiger partial charge in [0.25, 0.3) is 5.56 Å². The third-order valence-corrected chi connectivity index (χ3v) is 6.11. The molecule has 1 fully saturated rings. The summed E-state index contributed by atoms with van der Waals surface area (Å²) >= 11 is 0. The van der Waals surface area contributed by atoms with Crippen LogP contribution in [-0.2, 0) is 10.0 Å². The van der Waals surface area contributed by atoms with Crippen molar-refractivity contribution in [2.45, 2.75) is 4.90 Å². The van der Waals surface area contributed by atoms with Gasteiger partial charge in [0.15, 0.2) is 4.90 Å². The highest BCUT2D eigenvalue weighted by Gasteiger charge is 2.30. The van der Waals surface area contributed by atoms with E-state index in [1.165, 1.54) is 4.31 Å². The summed E-state index contributed by atoms with van der Waals surface area (Å²) in [5, 5.41) is 0. The summed E-state index contributed by atoms with van der Waals surface area (Å²) in [6.45, 7) is 2.45. The van der Waals surface area contributed by atoms with Crippen LogP contribution in [0.1, 0.15) is 5.56 Å². The van der Waals surface area contributed by atoms with Gasteiger partial charge in [-0.1, -0.05) is 42.5 Å². The Morgan fingerprint density at radius 2 is 1.73 bits per heavy atom. The van der Waals surface area contributed by atoms with E-state index in [9.17, 15) is 18.0 Å². The Morgan fingerprint density at radius 1 is 1.04 bits per heavy atom. The number of hydrogen-bond acceptors (Lipinski definition) is 5. The molecule has 2 N–H and O–H groups in total. The average molecular weight is 376 g/mol. The largest absolute Gasteiger partial charge is 0.325 e. The summed E-state index contributed by atoms with van der Waals surface area (Å²) in [6.07, 6.45) is 5.03. The Labute approximate surface area is 150 Å². The first-order valence-electron chi connectivity index (χ1n) is 8.23. The Balaban J connectivity index is 1.60. The van der Waals surface area contributed by atoms with Gasteiger partial charge in [0, 0.05) is 38.9 Å². The average Bonchev–Trinajstić information content (AvgIpc) is 2.63. The van der Waals surface area contributed by atoms with Gasteiger partial charge in [-0.2, -0.15) is 4.31 Å². The number of piperazine rings is 1. The van der Waals surface area contributed by atoms with Crippen LogP contribution in [0.4, 0.5) is 0 Å². The zero-order valence-corrected chi connectivity index (χ0v) is 14.9. The van der Waals surface area contributed by atoms with Crippen LogP contribution < -0.4 is 11.2 Å². The molecule has 1 aliphatic rings. The number of nitrogens with zero attached hydrogens (tertiary/aromatic N) is 2. The van der Waals surface area contributed by atoms with E-state index >= 15 is 0 Å². The molecule has 2 heterocycles. The zero-order valence-electron chi connectivity index (χ0n) is 14.1. The highest BCUT2D eigenvalue weighted by atomic mass is 32.2. The van der Waals surface area contributed by atoms with Crippen LogP contribution in [0, 0.1) is 0 Å². The Kier molecular flexibility index (Phi) is 5.50. The molecule has 9 heteroatoms. The standard InChI is InChI=1S/C17H20N4O4S/c22-16-15(13-18-17(23)19-16)26(24,25)21-11-9-20(10-12-21)8-4-7-14-5-2-1-3-6-14/h1-7,13H,8-12H2,(H2,18,19,22,23)/b7-4+. The van der Waals surface area contributed by atoms with Crippen LogP contribution in [0.25, 0.3) is 6.08 Å². The first-order valence-corrected chi connectivity index (χ1v) is 9.67. The van der Waals surface area contributed by atoms with E-state index in [1.54, 1.807) is 0 Å². The van der Waals surface area contributed by atoms with Crippen molar-refractivity contribution in [1.82, 2.24) is 19.2 Å². The van der Waals surface area contributed by atoms with Gasteiger partial charge in [-0.15, -0.1) is 0 Å². The molecule has 0 saturated carbocycles. The predicted octanol–water partition coefficient (Wildman–Crippen LogP) is 0.0829. The topological polar surface area (TPSA) is 106 Å². The zero-order chi connectivity index (χ0) is 18.6. The fraction of sp³-hybridized carbons (Fsp3) is 0.294. The lowest BCUT2D eigenvalue weighted by Crippen LogP contribution is -2.49. The summed E-state index contributed by atoms with van der Waals surface area (Å²) in [7, 11) is -3.92. The Morgan fingerprint density at radius 3 is 2.38 bits per heavy atom. The van der Waals surface area contributed by atoms with Crippen molar-refractivity contribution in [3.63, 3.8) is 0 Å². The van der Waals surface area contributed by atoms with Crippen LogP contribution in [0.15, 0.2) is 57.1 Å². The predicted molar refractivity (Wildman–Crippen MR) is 98.4 cm³/mol. The third-order valence-electron chi connectivity index (χ3n) is 4.21. The second-order valence-electron chi connectivity index (χ2n) is 5.95. The highest BCUT2D eigenvalue weighted by Crippen LogP contribution is 2.13. The second-order valence-corrected chi connectivity index (χ2v) is 7.86. The first-order chi connectivity index (χ1) is 12.5. The maximum Gasteiger partial charge on any atom is 0.325 e. The highest BCUT2D eigenvalue weighted by molar-refractivity contribution is 7.89. The van der Waals surface area contributed by atoms with Crippen LogP contribution in [-0.4, -0.2) is 60.3 Å². The monoisotopic (exact) mass is 376 g/mol. The van der Waals surface area contributed by atoms with Gasteiger partial charge in [0.2, 0.25) is 10.0 Å². The minimum Gasteiger partial charge on any atom is -0.313 e. The molecule has 0 atom stereocenters. The molecule has 0 bridgehead atoms. The van der Waals surface area contributed by atoms with Gasteiger partial charge >= 0.3 is 5.69 Å². The van der Waals surface area contributed by atoms with E-state index in [0.29, 0.717) is 26.2 Å². The van der Waals surface area contributed by atoms with Crippen molar-refractivity contribution < 1.29 is 8.42 Å². The minimum absolute atomic E-state index is 0.292. The smallest absolute Gasteiger partial charge is 0.313 e. The third kappa shape index (κ3) is 4.18. The van der Waals surface area contributed by atoms with Crippen molar-refractivity contribution in [2.75, 3.05) is 32.7 Å². The molecule has 3 rings (SSSR count). The van der Waals surface area contributed by atoms with E-state index < -0.39 is 26.2 Å². The molecule has 0 unspecified atom stereocenters. The quantitative estimate of drug-likeness (QED) is 0.769. The van der Waals surface area contributed by atoms with E-state index in [2.05, 4.69) is 9.88 Å². The number of sulfonamides is 1. The van der Waals surface area contributed by atoms with E-state index in [1.807, 2.05) is 47.5 Å². The summed E-state index contributed by atoms with van der Waals surface area (Å²) in [5.41, 5.74) is -0.517. The summed E-state index contributed by atoms with van der Waals surface area (Å²) in [6, 6.07) is 9.94. The Bertz CT molecular complexity index is 987. The molecule has 1 saturated heterocycles. The number of nitrogens with one attached hydrogen (secondary N) is 2. The number of aromatic amines is 2. The van der Waals surface area contributed by atoms with Gasteiger partial charge < -0.3 is 4.98 Å². The van der Waals surface area contributed by atoms with Crippen LogP contribution in [0.2, 0.25) is 0 Å². The molecule has 8 nitrogen and oxygen atoms in total. The van der Waals surface area contributed by atoms with Crippen LogP contribution >= 0.6 is 0 Å². The normalized spacial score (nSPS) is 16.9. The number of hydrogen-bond donors (Lipinski definition) is 2. The van der Waals surface area contributed by atoms with Gasteiger partial charge in [0.05, 0.1) is 0 Å². The lowest BCUT2D eigenvalue weighted by Gasteiger charge is -2.33. The Hall–Kier alpha value is -2.49. The molecular weight excluding hydrogens is 356 g/mol. The van der Waals surface area contributed by atoms with Gasteiger partial charge in [-0.3, -0.25) is 14.7 Å². The van der Waals surface area contributed by atoms with Gasteiger partial charge in [-0.05, 0) is 5.56 Å². The van der Waals surface area contributed by atoms with E-state index in [4.69, 9.17) is 0 Å². The molecule has 138 valence electrons. The van der Waals surface area contributed by atoms with Crippen molar-refractivity contribution in [2.24, 2.45) is 0 Å². The fourth-order valence-corrected chi connectivity index (χ4v) is 4.20. The SMILES string of the molecule is O=c1[nH]cc(S(=O)(=O)N2CCN(C/C=C/c3ccccc3)CC2)c(=O)[nH]1. The van der Waals surface area contributed by atoms with E-state index in [-0.39, 0.29) is 0 Å². The molecule has 26 heavy (non-hydrogen) atoms. The minimum atomic E-state index is -3.92. The van der Waals surface area contributed by atoms with Crippen molar-refractivity contribution in [1.29, 1.82) is 0 Å². The van der Waals surface area contributed by atoms with Gasteiger partial charge in [0.1, 0.15) is 0 Å². The lowest BCUT2D eigenvalue weighted by atomic mass is 10.2. The fourth-order valence-electron chi connectivity index (χ4n) is 2.78. The maximum atomic E-state index is 12.6. The number of H-pyrrole nitrogens is 2. The molecule has 0 spiro atoms. The molecule has 0 radical (unpaired) electrons. The van der Waals surface area contributed by atoms with Crippen molar-refractivity contribution in [3.8, 4) is 0 Å². The number of benzene rings is 1. The second kappa shape index (κ2) is 7.81. The van der Waals surface area contributed by atoms with Crippen molar-refractivity contribution >= 4 is 16.1 Å². The maximum absolute atomic E-state index is 12.6. The molecular formula is C17H20N4O4S. The number of rotatable bonds is 5. The van der Waals surface area contributed by atoms with Gasteiger partial charge in [-0.25, -0.2) is 13.2 Å². The molecule has 0 aliphatic carbocycles. The van der Waals surface area contributed by atoms with Crippen LogP contribution in [0.5, 0.6) is 0 Å². The van der Waals surface area contributed by atoms with Crippen molar-refractivity contribution in [3.05, 3.63) is 69.0 Å². The summed E-state index contributed by atoms with van der Waals surface area (Å²) < 4.78 is 26.4. The molecule has 1 aromatic heterocycles.